The maximum absolute atomic E-state index is 13.0. The van der Waals surface area contributed by atoms with Crippen molar-refractivity contribution in [1.29, 1.82) is 0 Å². The molecule has 0 aliphatic carbocycles. The van der Waals surface area contributed by atoms with Gasteiger partial charge in [-0.05, 0) is 13.3 Å². The van der Waals surface area contributed by atoms with E-state index in [9.17, 15) is 14.0 Å². The Bertz CT molecular complexity index is 769. The second-order valence-electron chi connectivity index (χ2n) is 6.26. The van der Waals surface area contributed by atoms with E-state index in [1.165, 1.54) is 0 Å². The number of H-pyrrole nitrogens is 1. The molecule has 0 saturated carbocycles. The number of piperidine rings is 1. The molecule has 0 radical (unpaired) electrons. The Balaban J connectivity index is 1.77. The number of aromatic amines is 1. The summed E-state index contributed by atoms with van der Waals surface area (Å²) in [5.41, 5.74) is 0.185. The molecule has 7 nitrogen and oxygen atoms in total. The lowest BCUT2D eigenvalue weighted by Crippen LogP contribution is -2.47. The van der Waals surface area contributed by atoms with Crippen LogP contribution in [0.1, 0.15) is 42.1 Å². The van der Waals surface area contributed by atoms with E-state index in [1.807, 2.05) is 29.6 Å². The summed E-state index contributed by atoms with van der Waals surface area (Å²) in [5, 5.41) is 2.84. The monoisotopic (exact) mass is 347 g/mol. The lowest BCUT2D eigenvalue weighted by Gasteiger charge is -2.40. The summed E-state index contributed by atoms with van der Waals surface area (Å²) in [7, 11) is 1.90. The van der Waals surface area contributed by atoms with Crippen LogP contribution in [-0.4, -0.2) is 44.3 Å². The van der Waals surface area contributed by atoms with Crippen LogP contribution in [-0.2, 0) is 11.8 Å². The smallest absolute Gasteiger partial charge is 0.267 e. The molecule has 2 amide bonds. The highest BCUT2D eigenvalue weighted by Gasteiger charge is 2.38. The minimum absolute atomic E-state index is 0.0440. The van der Waals surface area contributed by atoms with Gasteiger partial charge < -0.3 is 19.8 Å². The quantitative estimate of drug-likeness (QED) is 0.862. The summed E-state index contributed by atoms with van der Waals surface area (Å²) in [4.78, 5) is 33.3. The number of likely N-dealkylation sites (tertiary alicyclic amines) is 1. The third-order valence-corrected chi connectivity index (χ3v) is 4.71. The van der Waals surface area contributed by atoms with Gasteiger partial charge in [-0.2, -0.15) is 0 Å². The van der Waals surface area contributed by atoms with Gasteiger partial charge in [0, 0.05) is 57.1 Å². The fourth-order valence-corrected chi connectivity index (χ4v) is 3.44. The maximum atomic E-state index is 13.0. The van der Waals surface area contributed by atoms with Crippen LogP contribution >= 0.6 is 0 Å². The number of halogens is 1. The average Bonchev–Trinajstić information content (AvgIpc) is 3.21. The van der Waals surface area contributed by atoms with Gasteiger partial charge in [0.15, 0.2) is 0 Å². The van der Waals surface area contributed by atoms with Crippen molar-refractivity contribution in [2.45, 2.75) is 25.8 Å². The predicted molar refractivity (Wildman–Crippen MR) is 89.1 cm³/mol. The van der Waals surface area contributed by atoms with Crippen LogP contribution in [0.2, 0.25) is 0 Å². The highest BCUT2D eigenvalue weighted by Crippen LogP contribution is 2.35. The van der Waals surface area contributed by atoms with E-state index in [0.29, 0.717) is 25.9 Å². The first kappa shape index (κ1) is 17.2. The van der Waals surface area contributed by atoms with Crippen LogP contribution in [0.25, 0.3) is 0 Å². The molecular weight excluding hydrogens is 325 g/mol. The average molecular weight is 347 g/mol. The minimum atomic E-state index is -0.476. The van der Waals surface area contributed by atoms with Crippen molar-refractivity contribution in [3.8, 4) is 0 Å². The van der Waals surface area contributed by atoms with Gasteiger partial charge in [-0.1, -0.05) is 0 Å². The molecule has 1 aliphatic rings. The molecule has 134 valence electrons. The molecule has 0 spiro atoms. The molecule has 0 unspecified atom stereocenters. The summed E-state index contributed by atoms with van der Waals surface area (Å²) < 4.78 is 15.0. The van der Waals surface area contributed by atoms with E-state index >= 15 is 0 Å². The van der Waals surface area contributed by atoms with Crippen molar-refractivity contribution < 1.29 is 14.0 Å². The first-order valence-corrected chi connectivity index (χ1v) is 8.40. The number of aromatic nitrogens is 3. The van der Waals surface area contributed by atoms with E-state index in [2.05, 4.69) is 15.3 Å². The Hall–Kier alpha value is -2.64. The van der Waals surface area contributed by atoms with Crippen molar-refractivity contribution in [2.75, 3.05) is 13.1 Å². The molecule has 3 rings (SSSR count). The van der Waals surface area contributed by atoms with Crippen LogP contribution in [0, 0.1) is 11.7 Å². The van der Waals surface area contributed by atoms with E-state index in [1.54, 1.807) is 6.20 Å². The van der Waals surface area contributed by atoms with Gasteiger partial charge in [0.25, 0.3) is 5.91 Å². The topological polar surface area (TPSA) is 83.0 Å². The SMILES string of the molecule is CCN1C(=O)CC[C@H](CNC(=O)c2cc(F)c[nH]2)[C@H]1c1nccn1C. The van der Waals surface area contributed by atoms with Crippen molar-refractivity contribution >= 4 is 11.8 Å². The Morgan fingerprint density at radius 1 is 1.52 bits per heavy atom. The lowest BCUT2D eigenvalue weighted by molar-refractivity contribution is -0.139. The number of hydrogen-bond acceptors (Lipinski definition) is 3. The van der Waals surface area contributed by atoms with Crippen LogP contribution in [0.15, 0.2) is 24.7 Å². The summed E-state index contributed by atoms with van der Waals surface area (Å²) >= 11 is 0. The molecular formula is C17H22FN5O2. The first-order chi connectivity index (χ1) is 12.0. The van der Waals surface area contributed by atoms with E-state index in [0.717, 1.165) is 18.1 Å². The molecule has 1 saturated heterocycles. The molecule has 3 heterocycles. The fourth-order valence-electron chi connectivity index (χ4n) is 3.44. The fraction of sp³-hybridized carbons (Fsp3) is 0.471. The number of imidazole rings is 1. The van der Waals surface area contributed by atoms with Gasteiger partial charge in [-0.3, -0.25) is 9.59 Å². The van der Waals surface area contributed by atoms with Crippen molar-refractivity contribution in [1.82, 2.24) is 24.8 Å². The number of amides is 2. The van der Waals surface area contributed by atoms with Crippen LogP contribution in [0.3, 0.4) is 0 Å². The van der Waals surface area contributed by atoms with Crippen molar-refractivity contribution in [3.63, 3.8) is 0 Å². The summed E-state index contributed by atoms with van der Waals surface area (Å²) in [6.07, 6.45) is 5.82. The third-order valence-electron chi connectivity index (χ3n) is 4.71. The number of hydrogen-bond donors (Lipinski definition) is 2. The molecule has 1 aliphatic heterocycles. The number of aryl methyl sites for hydroxylation is 1. The van der Waals surface area contributed by atoms with Gasteiger partial charge in [0.05, 0.1) is 6.04 Å². The van der Waals surface area contributed by atoms with Crippen molar-refractivity contribution in [2.24, 2.45) is 13.0 Å². The minimum Gasteiger partial charge on any atom is -0.355 e. The lowest BCUT2D eigenvalue weighted by atomic mass is 9.87. The number of nitrogens with one attached hydrogen (secondary N) is 2. The van der Waals surface area contributed by atoms with Crippen molar-refractivity contribution in [3.05, 3.63) is 42.0 Å². The number of carbonyl (C=O) groups is 2. The first-order valence-electron chi connectivity index (χ1n) is 8.40. The molecule has 25 heavy (non-hydrogen) atoms. The molecule has 2 aromatic rings. The van der Waals surface area contributed by atoms with Gasteiger partial charge in [-0.15, -0.1) is 0 Å². The summed E-state index contributed by atoms with van der Waals surface area (Å²) in [6, 6.07) is 0.973. The zero-order valence-corrected chi connectivity index (χ0v) is 14.3. The normalized spacial score (nSPS) is 20.8. The Morgan fingerprint density at radius 2 is 2.32 bits per heavy atom. The number of carbonyl (C=O) groups excluding carboxylic acids is 2. The summed E-state index contributed by atoms with van der Waals surface area (Å²) in [6.45, 7) is 2.92. The van der Waals surface area contributed by atoms with Gasteiger partial charge >= 0.3 is 0 Å². The second-order valence-corrected chi connectivity index (χ2v) is 6.26. The van der Waals surface area contributed by atoms with Crippen LogP contribution in [0.5, 0.6) is 0 Å². The molecule has 8 heteroatoms. The predicted octanol–water partition coefficient (Wildman–Crippen LogP) is 1.62. The van der Waals surface area contributed by atoms with E-state index < -0.39 is 5.82 Å². The van der Waals surface area contributed by atoms with Gasteiger partial charge in [0.2, 0.25) is 5.91 Å². The number of rotatable bonds is 5. The Morgan fingerprint density at radius 3 is 2.92 bits per heavy atom. The Kier molecular flexibility index (Phi) is 4.87. The molecule has 0 aromatic carbocycles. The number of nitrogens with zero attached hydrogens (tertiary/aromatic N) is 3. The highest BCUT2D eigenvalue weighted by atomic mass is 19.1. The second kappa shape index (κ2) is 7.08. The highest BCUT2D eigenvalue weighted by molar-refractivity contribution is 5.92. The molecule has 2 atom stereocenters. The van der Waals surface area contributed by atoms with E-state index in [-0.39, 0.29) is 29.5 Å². The van der Waals surface area contributed by atoms with Gasteiger partial charge in [-0.25, -0.2) is 9.37 Å². The largest absolute Gasteiger partial charge is 0.355 e. The van der Waals surface area contributed by atoms with Crippen LogP contribution in [0.4, 0.5) is 4.39 Å². The Labute approximate surface area is 145 Å². The zero-order chi connectivity index (χ0) is 18.0. The standard InChI is InChI=1S/C17H22FN5O2/c1-3-23-14(24)5-4-11(15(23)16-19-6-7-22(16)2)9-21-17(25)13-8-12(18)10-20-13/h6-8,10-11,15,20H,3-5,9H2,1-2H3,(H,21,25)/t11-,15+/m1/s1. The van der Waals surface area contributed by atoms with Crippen LogP contribution < -0.4 is 5.32 Å². The molecule has 2 N–H and O–H groups in total. The maximum Gasteiger partial charge on any atom is 0.267 e. The van der Waals surface area contributed by atoms with Gasteiger partial charge in [0.1, 0.15) is 17.3 Å². The molecule has 2 aromatic heterocycles. The zero-order valence-electron chi connectivity index (χ0n) is 14.3. The summed E-state index contributed by atoms with van der Waals surface area (Å²) in [5.74, 6) is 0.117. The third kappa shape index (κ3) is 3.42. The van der Waals surface area contributed by atoms with E-state index in [4.69, 9.17) is 0 Å². The molecule has 1 fully saturated rings. The molecule has 0 bridgehead atoms.